The number of rotatable bonds is 6. The van der Waals surface area contributed by atoms with Gasteiger partial charge in [0.25, 0.3) is 23.6 Å². The van der Waals surface area contributed by atoms with Gasteiger partial charge in [0.15, 0.2) is 0 Å². The van der Waals surface area contributed by atoms with Crippen LogP contribution in [-0.2, 0) is 9.84 Å². The molecule has 0 saturated heterocycles. The molecule has 6 aromatic carbocycles. The second-order valence-corrected chi connectivity index (χ2v) is 15.0. The van der Waals surface area contributed by atoms with Crippen molar-refractivity contribution in [2.45, 2.75) is 23.6 Å². The summed E-state index contributed by atoms with van der Waals surface area (Å²) < 4.78 is 27.9. The lowest BCUT2D eigenvalue weighted by Gasteiger charge is -2.18. The highest BCUT2D eigenvalue weighted by atomic mass is 32.2. The number of anilines is 4. The average Bonchev–Trinajstić information content (AvgIpc) is 3.54. The van der Waals surface area contributed by atoms with E-state index in [4.69, 9.17) is 11.5 Å². The van der Waals surface area contributed by atoms with Gasteiger partial charge >= 0.3 is 0 Å². The van der Waals surface area contributed by atoms with Crippen LogP contribution in [0, 0.1) is 13.8 Å². The van der Waals surface area contributed by atoms with Crippen LogP contribution in [-0.4, -0.2) is 32.0 Å². The van der Waals surface area contributed by atoms with E-state index < -0.39 is 33.5 Å². The highest BCUT2D eigenvalue weighted by Gasteiger charge is 2.39. The van der Waals surface area contributed by atoms with Crippen LogP contribution in [0.4, 0.5) is 22.7 Å². The predicted molar refractivity (Wildman–Crippen MR) is 203 cm³/mol. The molecule has 4 amide bonds. The van der Waals surface area contributed by atoms with Crippen molar-refractivity contribution < 1.29 is 27.6 Å². The van der Waals surface area contributed by atoms with E-state index in [0.29, 0.717) is 22.5 Å². The molecule has 0 atom stereocenters. The Kier molecular flexibility index (Phi) is 7.63. The predicted octanol–water partition coefficient (Wildman–Crippen LogP) is 7.24. The summed E-state index contributed by atoms with van der Waals surface area (Å²) in [4.78, 5) is 56.1. The maximum absolute atomic E-state index is 14.0. The molecule has 6 aromatic rings. The quantitative estimate of drug-likeness (QED) is 0.135. The van der Waals surface area contributed by atoms with E-state index in [0.717, 1.165) is 32.1 Å². The van der Waals surface area contributed by atoms with Crippen molar-refractivity contribution in [3.05, 3.63) is 155 Å². The summed E-state index contributed by atoms with van der Waals surface area (Å²) in [5, 5.41) is 0. The monoisotopic (exact) mass is 718 g/mol. The molecule has 2 aliphatic heterocycles. The van der Waals surface area contributed by atoms with Crippen molar-refractivity contribution >= 4 is 56.2 Å². The average molecular weight is 719 g/mol. The number of amides is 4. The standard InChI is InChI=1S/C42H30N4O6S/c1-23-20-32(14-17-37(23)46-40(48)34-16-8-28(22-36(34)42(46)50)26-5-11-30(44)12-6-26)53(51,52)38-18-13-31(19-24(38)2)45-39(47)33-15-7-27(21-35(33)41(45)49)25-3-9-29(43)10-4-25/h3-22H,43-44H2,1-2H3. The number of benzene rings is 6. The fraction of sp³-hybridized carbons (Fsp3) is 0.0476. The Hall–Kier alpha value is -6.85. The fourth-order valence-corrected chi connectivity index (χ4v) is 8.46. The SMILES string of the molecule is Cc1cc(S(=O)(=O)c2ccc(N3C(=O)c4ccc(-c5ccc(N)cc5)cc4C3=O)cc2C)ccc1N1C(=O)c2ccc(-c3ccc(N)cc3)cc2C1=O. The van der Waals surface area contributed by atoms with Crippen molar-refractivity contribution in [2.75, 3.05) is 21.3 Å². The molecule has 0 unspecified atom stereocenters. The Bertz CT molecular complexity index is 2700. The number of hydrogen-bond acceptors (Lipinski definition) is 8. The number of nitrogens with two attached hydrogens (primary N) is 2. The Morgan fingerprint density at radius 1 is 0.453 bits per heavy atom. The lowest BCUT2D eigenvalue weighted by molar-refractivity contribution is 0.0910. The van der Waals surface area contributed by atoms with E-state index in [1.807, 2.05) is 24.3 Å². The van der Waals surface area contributed by atoms with Crippen LogP contribution in [0.3, 0.4) is 0 Å². The van der Waals surface area contributed by atoms with Crippen molar-refractivity contribution in [3.63, 3.8) is 0 Å². The summed E-state index contributed by atoms with van der Waals surface area (Å²) in [6, 6.07) is 33.0. The van der Waals surface area contributed by atoms with Gasteiger partial charge in [-0.3, -0.25) is 19.2 Å². The van der Waals surface area contributed by atoms with Crippen LogP contribution in [0.2, 0.25) is 0 Å². The molecule has 10 nitrogen and oxygen atoms in total. The number of hydrogen-bond donors (Lipinski definition) is 2. The normalized spacial score (nSPS) is 13.8. The summed E-state index contributed by atoms with van der Waals surface area (Å²) in [5.74, 6) is -2.04. The smallest absolute Gasteiger partial charge is 0.266 e. The summed E-state index contributed by atoms with van der Waals surface area (Å²) >= 11 is 0. The second-order valence-electron chi connectivity index (χ2n) is 13.1. The number of nitrogens with zero attached hydrogens (tertiary/aromatic N) is 2. The van der Waals surface area contributed by atoms with E-state index in [1.54, 1.807) is 74.5 Å². The molecule has 11 heteroatoms. The maximum Gasteiger partial charge on any atom is 0.266 e. The molecule has 0 fully saturated rings. The molecule has 0 spiro atoms. The first-order chi connectivity index (χ1) is 25.3. The van der Waals surface area contributed by atoms with Gasteiger partial charge in [-0.15, -0.1) is 0 Å². The number of sulfone groups is 1. The largest absolute Gasteiger partial charge is 0.399 e. The van der Waals surface area contributed by atoms with Gasteiger partial charge in [-0.1, -0.05) is 36.4 Å². The summed E-state index contributed by atoms with van der Waals surface area (Å²) in [5.41, 5.74) is 18.2. The maximum atomic E-state index is 14.0. The third-order valence-corrected chi connectivity index (χ3v) is 11.6. The first-order valence-electron chi connectivity index (χ1n) is 16.6. The minimum Gasteiger partial charge on any atom is -0.399 e. The van der Waals surface area contributed by atoms with Gasteiger partial charge < -0.3 is 11.5 Å². The molecule has 2 heterocycles. The van der Waals surface area contributed by atoms with E-state index in [1.165, 1.54) is 36.4 Å². The summed E-state index contributed by atoms with van der Waals surface area (Å²) in [6.45, 7) is 3.22. The summed E-state index contributed by atoms with van der Waals surface area (Å²) in [6.07, 6.45) is 0. The van der Waals surface area contributed by atoms with Crippen LogP contribution in [0.5, 0.6) is 0 Å². The van der Waals surface area contributed by atoms with E-state index >= 15 is 0 Å². The minimum absolute atomic E-state index is 0.0217. The van der Waals surface area contributed by atoms with Crippen LogP contribution < -0.4 is 21.3 Å². The lowest BCUT2D eigenvalue weighted by Crippen LogP contribution is -2.30. The summed E-state index contributed by atoms with van der Waals surface area (Å²) in [7, 11) is -4.11. The van der Waals surface area contributed by atoms with Gasteiger partial charge in [-0.25, -0.2) is 18.2 Å². The molecule has 0 aromatic heterocycles. The zero-order valence-electron chi connectivity index (χ0n) is 28.5. The molecule has 2 aliphatic rings. The number of carbonyl (C=O) groups excluding carboxylic acids is 4. The van der Waals surface area contributed by atoms with Crippen molar-refractivity contribution in [2.24, 2.45) is 0 Å². The number of imide groups is 2. The van der Waals surface area contributed by atoms with Gasteiger partial charge in [0, 0.05) is 11.4 Å². The van der Waals surface area contributed by atoms with Gasteiger partial charge in [-0.05, 0) is 132 Å². The third kappa shape index (κ3) is 5.37. The molecule has 260 valence electrons. The third-order valence-electron chi connectivity index (χ3n) is 9.69. The molecular formula is C42H30N4O6S. The molecule has 0 saturated carbocycles. The zero-order valence-corrected chi connectivity index (χ0v) is 29.3. The molecule has 4 N–H and O–H groups in total. The second kappa shape index (κ2) is 12.1. The van der Waals surface area contributed by atoms with Crippen molar-refractivity contribution in [3.8, 4) is 22.3 Å². The molecule has 8 rings (SSSR count). The van der Waals surface area contributed by atoms with E-state index in [-0.39, 0.29) is 43.4 Å². The van der Waals surface area contributed by atoms with Gasteiger partial charge in [0.05, 0.1) is 43.4 Å². The number of carbonyl (C=O) groups is 4. The Morgan fingerprint density at radius 3 is 1.43 bits per heavy atom. The molecular weight excluding hydrogens is 689 g/mol. The van der Waals surface area contributed by atoms with Crippen LogP contribution in [0.15, 0.2) is 131 Å². The highest BCUT2D eigenvalue weighted by molar-refractivity contribution is 7.91. The first-order valence-corrected chi connectivity index (χ1v) is 18.1. The molecule has 0 bridgehead atoms. The molecule has 53 heavy (non-hydrogen) atoms. The Balaban J connectivity index is 1.05. The molecule has 0 aliphatic carbocycles. The van der Waals surface area contributed by atoms with Crippen molar-refractivity contribution in [1.29, 1.82) is 0 Å². The van der Waals surface area contributed by atoms with Gasteiger partial charge in [0.1, 0.15) is 0 Å². The van der Waals surface area contributed by atoms with E-state index in [2.05, 4.69) is 0 Å². The minimum atomic E-state index is -4.11. The number of fused-ring (bicyclic) bond motifs is 2. The first kappa shape index (κ1) is 33.3. The fourth-order valence-electron chi connectivity index (χ4n) is 6.89. The highest BCUT2D eigenvalue weighted by Crippen LogP contribution is 2.37. The zero-order chi connectivity index (χ0) is 37.3. The Morgan fingerprint density at radius 2 is 0.925 bits per heavy atom. The van der Waals surface area contributed by atoms with Gasteiger partial charge in [-0.2, -0.15) is 0 Å². The van der Waals surface area contributed by atoms with Crippen LogP contribution in [0.1, 0.15) is 52.6 Å². The van der Waals surface area contributed by atoms with Crippen molar-refractivity contribution in [1.82, 2.24) is 0 Å². The Labute approximate surface area is 304 Å². The van der Waals surface area contributed by atoms with Crippen LogP contribution in [0.25, 0.3) is 22.3 Å². The van der Waals surface area contributed by atoms with Crippen LogP contribution >= 0.6 is 0 Å². The topological polar surface area (TPSA) is 161 Å². The van der Waals surface area contributed by atoms with Gasteiger partial charge in [0.2, 0.25) is 9.84 Å². The number of aryl methyl sites for hydroxylation is 2. The molecule has 0 radical (unpaired) electrons. The lowest BCUT2D eigenvalue weighted by atomic mass is 10.00. The van der Waals surface area contributed by atoms with E-state index in [9.17, 15) is 27.6 Å². The number of nitrogen functional groups attached to an aromatic ring is 2.